The molecule has 68 valence electrons. The van der Waals surface area contributed by atoms with E-state index in [0.717, 1.165) is 5.54 Å². The zero-order valence-corrected chi connectivity index (χ0v) is 10.6. The molecule has 0 aliphatic rings. The average Bonchev–Trinajstić information content (AvgIpc) is 1.80. The zero-order valence-electron chi connectivity index (χ0n) is 8.45. The van der Waals surface area contributed by atoms with Crippen LogP contribution in [0.2, 0.25) is 10.6 Å². The van der Waals surface area contributed by atoms with E-state index >= 15 is 0 Å². The Balaban J connectivity index is 3.88. The van der Waals surface area contributed by atoms with Crippen LogP contribution in [0.5, 0.6) is 0 Å². The quantitative estimate of drug-likeness (QED) is 0.476. The predicted octanol–water partition coefficient (Wildman–Crippen LogP) is 3.20. The van der Waals surface area contributed by atoms with E-state index < -0.39 is 0 Å². The van der Waals surface area contributed by atoms with Gasteiger partial charge in [-0.3, -0.25) is 0 Å². The van der Waals surface area contributed by atoms with Crippen molar-refractivity contribution in [3.8, 4) is 0 Å². The van der Waals surface area contributed by atoms with Crippen LogP contribution in [0.15, 0.2) is 0 Å². The Morgan fingerprint density at radius 1 is 1.36 bits per heavy atom. The summed E-state index contributed by atoms with van der Waals surface area (Å²) in [6, 6.07) is 0. The molecule has 0 N–H and O–H groups in total. The molecule has 0 aromatic rings. The van der Waals surface area contributed by atoms with Crippen LogP contribution in [0.4, 0.5) is 0 Å². The number of rotatable bonds is 3. The minimum Gasteiger partial charge on any atom is -0.123 e. The van der Waals surface area contributed by atoms with Crippen molar-refractivity contribution in [1.29, 1.82) is 0 Å². The predicted molar refractivity (Wildman–Crippen MR) is 57.6 cm³/mol. The molecule has 0 heterocycles. The molecule has 2 atom stereocenters. The third kappa shape index (κ3) is 5.74. The fourth-order valence-electron chi connectivity index (χ4n) is 1.42. The molecule has 0 radical (unpaired) electrons. The molecule has 0 rings (SSSR count). The molecule has 0 spiro atoms. The Hall–Kier alpha value is 0.507. The summed E-state index contributed by atoms with van der Waals surface area (Å²) in [6.45, 7) is 11.4. The highest BCUT2D eigenvalue weighted by atomic mass is 35.5. The van der Waals surface area contributed by atoms with Gasteiger partial charge < -0.3 is 0 Å². The second-order valence-electron chi connectivity index (χ2n) is 4.61. The first-order valence-corrected chi connectivity index (χ1v) is 6.47. The molecule has 0 aliphatic carbocycles. The van der Waals surface area contributed by atoms with Gasteiger partial charge in [-0.05, 0) is 17.5 Å². The van der Waals surface area contributed by atoms with E-state index in [9.17, 15) is 0 Å². The maximum absolute atomic E-state index is 6.08. The standard InChI is InChI=1S/C9H21ClSi/c1-6-8(7(2)10)11-9(3,4)5/h7-8H,6,11H2,1-5H3. The Labute approximate surface area is 78.5 Å². The monoisotopic (exact) mass is 192 g/mol. The second-order valence-corrected chi connectivity index (χ2v) is 8.88. The summed E-state index contributed by atoms with van der Waals surface area (Å²) in [5.41, 5.74) is 0.816. The number of alkyl halides is 1. The topological polar surface area (TPSA) is 0 Å². The van der Waals surface area contributed by atoms with Crippen LogP contribution in [-0.2, 0) is 0 Å². The molecule has 0 saturated carbocycles. The lowest BCUT2D eigenvalue weighted by Gasteiger charge is -2.25. The molecule has 0 nitrogen and oxygen atoms in total. The third-order valence-electron chi connectivity index (χ3n) is 2.05. The summed E-state index contributed by atoms with van der Waals surface area (Å²) in [6.07, 6.45) is 1.26. The van der Waals surface area contributed by atoms with Crippen LogP contribution in [0.25, 0.3) is 0 Å². The second kappa shape index (κ2) is 4.51. The summed E-state index contributed by atoms with van der Waals surface area (Å²) in [7, 11) is -0.0158. The fourth-order valence-corrected chi connectivity index (χ4v) is 4.05. The van der Waals surface area contributed by atoms with Gasteiger partial charge in [-0.2, -0.15) is 0 Å². The van der Waals surface area contributed by atoms with Gasteiger partial charge in [-0.15, -0.1) is 11.6 Å². The molecule has 2 unspecified atom stereocenters. The normalized spacial score (nSPS) is 19.1. The number of hydrogen-bond acceptors (Lipinski definition) is 0. The van der Waals surface area contributed by atoms with Gasteiger partial charge in [0.2, 0.25) is 0 Å². The van der Waals surface area contributed by atoms with Gasteiger partial charge in [-0.1, -0.05) is 34.1 Å². The first-order chi connectivity index (χ1) is 4.87. The highest BCUT2D eigenvalue weighted by Gasteiger charge is 2.21. The van der Waals surface area contributed by atoms with Crippen molar-refractivity contribution < 1.29 is 0 Å². The Kier molecular flexibility index (Phi) is 4.72. The van der Waals surface area contributed by atoms with Crippen molar-refractivity contribution in [2.24, 2.45) is 0 Å². The third-order valence-corrected chi connectivity index (χ3v) is 5.74. The van der Waals surface area contributed by atoms with Crippen molar-refractivity contribution in [1.82, 2.24) is 0 Å². The van der Waals surface area contributed by atoms with Crippen LogP contribution in [0.1, 0.15) is 41.0 Å². The fraction of sp³-hybridized carbons (Fsp3) is 1.00. The molecule has 0 aliphatic heterocycles. The SMILES string of the molecule is CCC([SiH2]C(C)(C)C)C(C)Cl. The molecule has 0 fully saturated rings. The molecular formula is C9H21ClSi. The lowest BCUT2D eigenvalue weighted by Crippen LogP contribution is -2.20. The van der Waals surface area contributed by atoms with E-state index in [-0.39, 0.29) is 9.52 Å². The summed E-state index contributed by atoms with van der Waals surface area (Å²) < 4.78 is 0. The van der Waals surface area contributed by atoms with Gasteiger partial charge >= 0.3 is 0 Å². The molecule has 0 bridgehead atoms. The zero-order chi connectivity index (χ0) is 9.07. The first kappa shape index (κ1) is 11.5. The average molecular weight is 193 g/mol. The van der Waals surface area contributed by atoms with Gasteiger partial charge in [0.1, 0.15) is 0 Å². The van der Waals surface area contributed by atoms with Gasteiger partial charge in [0.25, 0.3) is 0 Å². The van der Waals surface area contributed by atoms with Crippen LogP contribution < -0.4 is 0 Å². The lowest BCUT2D eigenvalue weighted by molar-refractivity contribution is 0.688. The summed E-state index contributed by atoms with van der Waals surface area (Å²) in [5, 5.41) is 0.940. The minimum atomic E-state index is -0.0158. The number of hydrogen-bond donors (Lipinski definition) is 0. The van der Waals surface area contributed by atoms with Gasteiger partial charge in [-0.25, -0.2) is 0 Å². The van der Waals surface area contributed by atoms with Gasteiger partial charge in [0.05, 0.1) is 0 Å². The van der Waals surface area contributed by atoms with E-state index in [2.05, 4.69) is 34.6 Å². The maximum atomic E-state index is 6.08. The Morgan fingerprint density at radius 2 is 1.82 bits per heavy atom. The maximum Gasteiger partial charge on any atom is 0.0310 e. The lowest BCUT2D eigenvalue weighted by atomic mass is 10.2. The highest BCUT2D eigenvalue weighted by molar-refractivity contribution is 6.44. The molecule has 0 saturated heterocycles. The van der Waals surface area contributed by atoms with E-state index in [1.807, 2.05) is 0 Å². The smallest absolute Gasteiger partial charge is 0.0310 e. The minimum absolute atomic E-state index is 0.0158. The van der Waals surface area contributed by atoms with Crippen LogP contribution in [0.3, 0.4) is 0 Å². The van der Waals surface area contributed by atoms with Crippen LogP contribution in [-0.4, -0.2) is 14.9 Å². The molecular weight excluding hydrogens is 172 g/mol. The first-order valence-electron chi connectivity index (χ1n) is 4.51. The summed E-state index contributed by atoms with van der Waals surface area (Å²) in [5.74, 6) is 0. The van der Waals surface area contributed by atoms with Crippen LogP contribution >= 0.6 is 11.6 Å². The summed E-state index contributed by atoms with van der Waals surface area (Å²) in [4.78, 5) is 0. The number of halogens is 1. The van der Waals surface area contributed by atoms with E-state index in [0.29, 0.717) is 10.4 Å². The van der Waals surface area contributed by atoms with Crippen LogP contribution in [0, 0.1) is 0 Å². The molecule has 0 amide bonds. The van der Waals surface area contributed by atoms with E-state index in [1.165, 1.54) is 6.42 Å². The van der Waals surface area contributed by atoms with Crippen molar-refractivity contribution in [3.63, 3.8) is 0 Å². The van der Waals surface area contributed by atoms with Crippen molar-refractivity contribution in [2.75, 3.05) is 0 Å². The Morgan fingerprint density at radius 3 is 1.91 bits per heavy atom. The van der Waals surface area contributed by atoms with Crippen molar-refractivity contribution in [2.45, 2.75) is 57.0 Å². The Bertz CT molecular complexity index is 105. The molecule has 0 aromatic heterocycles. The largest absolute Gasteiger partial charge is 0.123 e. The highest BCUT2D eigenvalue weighted by Crippen LogP contribution is 2.31. The molecule has 2 heteroatoms. The van der Waals surface area contributed by atoms with E-state index in [1.54, 1.807) is 0 Å². The summed E-state index contributed by atoms with van der Waals surface area (Å²) >= 11 is 6.08. The van der Waals surface area contributed by atoms with Crippen molar-refractivity contribution in [3.05, 3.63) is 0 Å². The molecule has 0 aromatic carbocycles. The molecule has 11 heavy (non-hydrogen) atoms. The van der Waals surface area contributed by atoms with E-state index in [4.69, 9.17) is 11.6 Å². The van der Waals surface area contributed by atoms with Gasteiger partial charge in [0.15, 0.2) is 0 Å². The van der Waals surface area contributed by atoms with Crippen molar-refractivity contribution >= 4 is 21.1 Å². The van der Waals surface area contributed by atoms with Gasteiger partial charge in [0, 0.05) is 14.9 Å².